The Labute approximate surface area is 105 Å². The first-order valence-electron chi connectivity index (χ1n) is 6.04. The number of nitrogens with one attached hydrogen (secondary N) is 1. The van der Waals surface area contributed by atoms with Crippen LogP contribution in [0, 0.1) is 0 Å². The van der Waals surface area contributed by atoms with Crippen molar-refractivity contribution < 1.29 is 4.79 Å². The Bertz CT molecular complexity index is 523. The normalized spacial score (nSPS) is 19.1. The highest BCUT2D eigenvalue weighted by Gasteiger charge is 2.28. The van der Waals surface area contributed by atoms with E-state index in [1.54, 1.807) is 0 Å². The molecule has 0 aliphatic carbocycles. The number of rotatable bonds is 2. The summed E-state index contributed by atoms with van der Waals surface area (Å²) >= 11 is 0. The highest BCUT2D eigenvalue weighted by atomic mass is 16.2. The molecule has 1 aromatic heterocycles. The zero-order chi connectivity index (χ0) is 12.4. The molecule has 5 heteroatoms. The molecule has 1 fully saturated rings. The average Bonchev–Trinajstić information content (AvgIpc) is 3.10. The van der Waals surface area contributed by atoms with Crippen LogP contribution in [0.25, 0.3) is 0 Å². The summed E-state index contributed by atoms with van der Waals surface area (Å²) in [5, 5.41) is 9.97. The van der Waals surface area contributed by atoms with Crippen molar-refractivity contribution >= 4 is 5.91 Å². The van der Waals surface area contributed by atoms with Gasteiger partial charge in [-0.05, 0) is 12.0 Å². The van der Waals surface area contributed by atoms with E-state index in [2.05, 4.69) is 27.5 Å². The lowest BCUT2D eigenvalue weighted by atomic mass is 9.99. The highest BCUT2D eigenvalue weighted by Crippen LogP contribution is 2.27. The van der Waals surface area contributed by atoms with Crippen LogP contribution in [0.15, 0.2) is 36.5 Å². The van der Waals surface area contributed by atoms with Crippen molar-refractivity contribution in [1.82, 2.24) is 20.3 Å². The van der Waals surface area contributed by atoms with Crippen molar-refractivity contribution in [2.45, 2.75) is 12.3 Å². The first-order valence-corrected chi connectivity index (χ1v) is 6.04. The van der Waals surface area contributed by atoms with E-state index in [9.17, 15) is 4.79 Å². The molecule has 2 heterocycles. The third-order valence-electron chi connectivity index (χ3n) is 3.38. The van der Waals surface area contributed by atoms with Gasteiger partial charge in [-0.1, -0.05) is 30.3 Å². The first kappa shape index (κ1) is 11.0. The molecule has 0 radical (unpaired) electrons. The summed E-state index contributed by atoms with van der Waals surface area (Å²) < 4.78 is 0. The van der Waals surface area contributed by atoms with Gasteiger partial charge in [0.2, 0.25) is 0 Å². The molecule has 92 valence electrons. The number of H-pyrrole nitrogens is 1. The molecule has 2 aromatic rings. The minimum Gasteiger partial charge on any atom is -0.337 e. The van der Waals surface area contributed by atoms with Gasteiger partial charge in [-0.25, -0.2) is 0 Å². The molecule has 3 rings (SSSR count). The molecule has 1 unspecified atom stereocenters. The standard InChI is InChI=1S/C13H14N4O/c18-13(12-8-14-16-15-12)17-7-6-11(9-17)10-4-2-1-3-5-10/h1-5,8,11H,6-7,9H2,(H,14,15,16). The average molecular weight is 242 g/mol. The molecular weight excluding hydrogens is 228 g/mol. The lowest BCUT2D eigenvalue weighted by molar-refractivity contribution is 0.0785. The Kier molecular flexibility index (Phi) is 2.80. The van der Waals surface area contributed by atoms with Crippen LogP contribution in [0.1, 0.15) is 28.4 Å². The van der Waals surface area contributed by atoms with Gasteiger partial charge in [0.1, 0.15) is 0 Å². The maximum atomic E-state index is 12.1. The van der Waals surface area contributed by atoms with Gasteiger partial charge in [0.15, 0.2) is 5.69 Å². The molecule has 1 atom stereocenters. The minimum absolute atomic E-state index is 0.0396. The molecule has 0 saturated carbocycles. The zero-order valence-corrected chi connectivity index (χ0v) is 9.91. The van der Waals surface area contributed by atoms with Gasteiger partial charge in [-0.3, -0.25) is 4.79 Å². The summed E-state index contributed by atoms with van der Waals surface area (Å²) in [5.74, 6) is 0.393. The summed E-state index contributed by atoms with van der Waals surface area (Å²) in [6, 6.07) is 10.3. The van der Waals surface area contributed by atoms with E-state index in [1.807, 2.05) is 23.1 Å². The maximum Gasteiger partial charge on any atom is 0.276 e. The Hall–Kier alpha value is -2.17. The van der Waals surface area contributed by atoms with Crippen molar-refractivity contribution in [2.24, 2.45) is 0 Å². The van der Waals surface area contributed by atoms with Gasteiger partial charge in [0.05, 0.1) is 6.20 Å². The summed E-state index contributed by atoms with van der Waals surface area (Å²) in [7, 11) is 0. The number of aromatic nitrogens is 3. The van der Waals surface area contributed by atoms with Crippen LogP contribution >= 0.6 is 0 Å². The van der Waals surface area contributed by atoms with Gasteiger partial charge in [0.25, 0.3) is 5.91 Å². The zero-order valence-electron chi connectivity index (χ0n) is 9.91. The molecule has 1 aliphatic heterocycles. The fourth-order valence-corrected chi connectivity index (χ4v) is 2.41. The molecule has 0 bridgehead atoms. The largest absolute Gasteiger partial charge is 0.337 e. The number of aromatic amines is 1. The van der Waals surface area contributed by atoms with Gasteiger partial charge >= 0.3 is 0 Å². The van der Waals surface area contributed by atoms with E-state index in [-0.39, 0.29) is 5.91 Å². The Morgan fingerprint density at radius 2 is 2.17 bits per heavy atom. The number of carbonyl (C=O) groups excluding carboxylic acids is 1. The third kappa shape index (κ3) is 1.99. The smallest absolute Gasteiger partial charge is 0.276 e. The third-order valence-corrected chi connectivity index (χ3v) is 3.38. The number of benzene rings is 1. The molecule has 1 amide bonds. The van der Waals surface area contributed by atoms with Crippen LogP contribution in [0.2, 0.25) is 0 Å². The highest BCUT2D eigenvalue weighted by molar-refractivity contribution is 5.92. The van der Waals surface area contributed by atoms with Gasteiger partial charge < -0.3 is 4.90 Å². The van der Waals surface area contributed by atoms with E-state index in [4.69, 9.17) is 0 Å². The second-order valence-electron chi connectivity index (χ2n) is 4.50. The molecule has 5 nitrogen and oxygen atoms in total. The van der Waals surface area contributed by atoms with Gasteiger partial charge in [-0.2, -0.15) is 15.4 Å². The molecule has 1 aromatic carbocycles. The fraction of sp³-hybridized carbons (Fsp3) is 0.308. The summed E-state index contributed by atoms with van der Waals surface area (Å²) in [6.07, 6.45) is 2.48. The molecule has 0 spiro atoms. The van der Waals surface area contributed by atoms with Crippen LogP contribution < -0.4 is 0 Å². The monoisotopic (exact) mass is 242 g/mol. The predicted octanol–water partition coefficient (Wildman–Crippen LogP) is 1.43. The molecular formula is C13H14N4O. The van der Waals surface area contributed by atoms with E-state index in [0.29, 0.717) is 11.6 Å². The Morgan fingerprint density at radius 1 is 1.33 bits per heavy atom. The molecule has 1 saturated heterocycles. The predicted molar refractivity (Wildman–Crippen MR) is 66.1 cm³/mol. The van der Waals surface area contributed by atoms with E-state index >= 15 is 0 Å². The number of carbonyl (C=O) groups is 1. The van der Waals surface area contributed by atoms with Gasteiger partial charge in [-0.15, -0.1) is 0 Å². The number of hydrogen-bond acceptors (Lipinski definition) is 3. The molecule has 1 N–H and O–H groups in total. The Morgan fingerprint density at radius 3 is 2.89 bits per heavy atom. The first-order chi connectivity index (χ1) is 8.84. The summed E-state index contributed by atoms with van der Waals surface area (Å²) in [5.41, 5.74) is 1.69. The topological polar surface area (TPSA) is 61.9 Å². The van der Waals surface area contributed by atoms with E-state index in [0.717, 1.165) is 19.5 Å². The van der Waals surface area contributed by atoms with Crippen LogP contribution in [-0.4, -0.2) is 39.3 Å². The molecule has 18 heavy (non-hydrogen) atoms. The van der Waals surface area contributed by atoms with Crippen LogP contribution in [0.3, 0.4) is 0 Å². The van der Waals surface area contributed by atoms with E-state index in [1.165, 1.54) is 11.8 Å². The van der Waals surface area contributed by atoms with Gasteiger partial charge in [0, 0.05) is 19.0 Å². The maximum absolute atomic E-state index is 12.1. The van der Waals surface area contributed by atoms with Crippen molar-refractivity contribution in [3.63, 3.8) is 0 Å². The minimum atomic E-state index is -0.0396. The van der Waals surface area contributed by atoms with Crippen molar-refractivity contribution in [1.29, 1.82) is 0 Å². The number of likely N-dealkylation sites (tertiary alicyclic amines) is 1. The quantitative estimate of drug-likeness (QED) is 0.866. The lowest BCUT2D eigenvalue weighted by Gasteiger charge is -2.15. The van der Waals surface area contributed by atoms with Crippen molar-refractivity contribution in [3.05, 3.63) is 47.8 Å². The molecule has 1 aliphatic rings. The second-order valence-corrected chi connectivity index (χ2v) is 4.50. The lowest BCUT2D eigenvalue weighted by Crippen LogP contribution is -2.28. The van der Waals surface area contributed by atoms with Crippen LogP contribution in [0.4, 0.5) is 0 Å². The number of nitrogens with zero attached hydrogens (tertiary/aromatic N) is 3. The van der Waals surface area contributed by atoms with E-state index < -0.39 is 0 Å². The Balaban J connectivity index is 1.71. The van der Waals surface area contributed by atoms with Crippen molar-refractivity contribution in [2.75, 3.05) is 13.1 Å². The van der Waals surface area contributed by atoms with Crippen LogP contribution in [-0.2, 0) is 0 Å². The SMILES string of the molecule is O=C(c1cn[nH]n1)N1CCC(c2ccccc2)C1. The number of amides is 1. The van der Waals surface area contributed by atoms with Crippen molar-refractivity contribution in [3.8, 4) is 0 Å². The second kappa shape index (κ2) is 4.60. The van der Waals surface area contributed by atoms with Crippen LogP contribution in [0.5, 0.6) is 0 Å². The fourth-order valence-electron chi connectivity index (χ4n) is 2.41. The summed E-state index contributed by atoms with van der Waals surface area (Å²) in [4.78, 5) is 13.9. The number of hydrogen-bond donors (Lipinski definition) is 1. The summed E-state index contributed by atoms with van der Waals surface area (Å²) in [6.45, 7) is 1.54.